The van der Waals surface area contributed by atoms with Gasteiger partial charge in [0.1, 0.15) is 5.82 Å². The van der Waals surface area contributed by atoms with E-state index >= 15 is 0 Å². The summed E-state index contributed by atoms with van der Waals surface area (Å²) in [7, 11) is 0. The Morgan fingerprint density at radius 1 is 1.00 bits per heavy atom. The average molecular weight is 414 g/mol. The highest BCUT2D eigenvalue weighted by Gasteiger charge is 2.16. The molecular weight excluding hydrogens is 395 g/mol. The van der Waals surface area contributed by atoms with E-state index in [4.69, 9.17) is 9.47 Å². The van der Waals surface area contributed by atoms with Crippen molar-refractivity contribution in [2.75, 3.05) is 6.79 Å². The molecule has 0 atom stereocenters. The Labute approximate surface area is 178 Å². The molecule has 1 aliphatic heterocycles. The number of nitrogens with one attached hydrogen (secondary N) is 1. The second kappa shape index (κ2) is 7.72. The Kier molecular flexibility index (Phi) is 4.75. The third-order valence-corrected chi connectivity index (χ3v) is 5.24. The summed E-state index contributed by atoms with van der Waals surface area (Å²) in [6.45, 7) is 2.53. The van der Waals surface area contributed by atoms with E-state index in [0.29, 0.717) is 34.8 Å². The number of aromatic nitrogens is 1. The van der Waals surface area contributed by atoms with E-state index in [9.17, 15) is 9.18 Å². The second-order valence-corrected chi connectivity index (χ2v) is 7.45. The molecule has 0 bridgehead atoms. The van der Waals surface area contributed by atoms with Crippen LogP contribution in [0.1, 0.15) is 21.5 Å². The van der Waals surface area contributed by atoms with Gasteiger partial charge in [0.2, 0.25) is 6.79 Å². The maximum atomic E-state index is 13.4. The lowest BCUT2D eigenvalue weighted by Gasteiger charge is -2.12. The number of carbonyl (C=O) groups is 1. The van der Waals surface area contributed by atoms with Gasteiger partial charge in [0, 0.05) is 17.5 Å². The van der Waals surface area contributed by atoms with Crippen molar-refractivity contribution in [3.8, 4) is 22.8 Å². The van der Waals surface area contributed by atoms with Crippen molar-refractivity contribution in [3.05, 3.63) is 89.2 Å². The molecule has 31 heavy (non-hydrogen) atoms. The fraction of sp³-hybridized carbons (Fsp3) is 0.120. The van der Waals surface area contributed by atoms with Crippen LogP contribution in [-0.4, -0.2) is 17.7 Å². The van der Waals surface area contributed by atoms with Crippen molar-refractivity contribution in [1.82, 2.24) is 10.3 Å². The summed E-state index contributed by atoms with van der Waals surface area (Å²) in [5.41, 5.74) is 4.53. The molecule has 4 aromatic rings. The molecule has 1 N–H and O–H groups in total. The third kappa shape index (κ3) is 3.80. The predicted molar refractivity (Wildman–Crippen MR) is 116 cm³/mol. The summed E-state index contributed by atoms with van der Waals surface area (Å²) in [6, 6.07) is 19.2. The fourth-order valence-electron chi connectivity index (χ4n) is 3.62. The summed E-state index contributed by atoms with van der Waals surface area (Å²) < 4.78 is 24.1. The van der Waals surface area contributed by atoms with E-state index in [-0.39, 0.29) is 18.5 Å². The predicted octanol–water partition coefficient (Wildman–Crippen LogP) is 5.01. The van der Waals surface area contributed by atoms with Crippen molar-refractivity contribution in [2.24, 2.45) is 0 Å². The number of benzene rings is 3. The minimum Gasteiger partial charge on any atom is -0.454 e. The molecule has 0 aliphatic carbocycles. The summed E-state index contributed by atoms with van der Waals surface area (Å²) >= 11 is 0. The number of nitrogens with zero attached hydrogens (tertiary/aromatic N) is 1. The Morgan fingerprint density at radius 3 is 2.65 bits per heavy atom. The van der Waals surface area contributed by atoms with Gasteiger partial charge in [0.05, 0.1) is 16.8 Å². The van der Waals surface area contributed by atoms with Crippen molar-refractivity contribution < 1.29 is 18.7 Å². The van der Waals surface area contributed by atoms with Gasteiger partial charge in [-0.25, -0.2) is 9.37 Å². The number of fused-ring (bicyclic) bond motifs is 2. The molecule has 1 aromatic heterocycles. The largest absolute Gasteiger partial charge is 0.454 e. The SMILES string of the molecule is Cc1ccc2nc(-c3ccc(F)cc3)cc(C(=O)NCc3ccc4c(c3)OCO4)c2c1. The smallest absolute Gasteiger partial charge is 0.252 e. The number of hydrogen-bond donors (Lipinski definition) is 1. The minimum absolute atomic E-state index is 0.208. The van der Waals surface area contributed by atoms with Crippen LogP contribution in [0.15, 0.2) is 66.7 Å². The molecule has 5 rings (SSSR count). The Bertz CT molecular complexity index is 1300. The van der Waals surface area contributed by atoms with Crippen LogP contribution in [0.2, 0.25) is 0 Å². The number of aryl methyl sites for hydroxylation is 1. The van der Waals surface area contributed by atoms with Crippen LogP contribution in [0, 0.1) is 12.7 Å². The van der Waals surface area contributed by atoms with Crippen molar-refractivity contribution in [1.29, 1.82) is 0 Å². The number of rotatable bonds is 4. The fourth-order valence-corrected chi connectivity index (χ4v) is 3.62. The first-order valence-electron chi connectivity index (χ1n) is 9.91. The molecule has 0 unspecified atom stereocenters. The Hall–Kier alpha value is -3.93. The normalized spacial score (nSPS) is 12.2. The topological polar surface area (TPSA) is 60.5 Å². The number of hydrogen-bond acceptors (Lipinski definition) is 4. The maximum absolute atomic E-state index is 13.4. The molecule has 5 nitrogen and oxygen atoms in total. The van der Waals surface area contributed by atoms with Gasteiger partial charge in [-0.2, -0.15) is 0 Å². The van der Waals surface area contributed by atoms with Gasteiger partial charge in [0.15, 0.2) is 11.5 Å². The first kappa shape index (κ1) is 19.1. The molecule has 0 spiro atoms. The molecule has 1 amide bonds. The molecule has 6 heteroatoms. The molecule has 0 radical (unpaired) electrons. The van der Waals surface area contributed by atoms with Gasteiger partial charge in [0.25, 0.3) is 5.91 Å². The average Bonchev–Trinajstić information content (AvgIpc) is 3.25. The molecular formula is C25H19FN2O3. The minimum atomic E-state index is -0.318. The Balaban J connectivity index is 1.48. The number of amides is 1. The number of halogens is 1. The van der Waals surface area contributed by atoms with Crippen LogP contribution in [0.3, 0.4) is 0 Å². The monoisotopic (exact) mass is 414 g/mol. The summed E-state index contributed by atoms with van der Waals surface area (Å²) in [5, 5.41) is 3.76. The van der Waals surface area contributed by atoms with E-state index in [1.54, 1.807) is 18.2 Å². The number of carbonyl (C=O) groups excluding carboxylic acids is 1. The standard InChI is InChI=1S/C25H19FN2O3/c1-15-2-8-21-19(10-15)20(12-22(28-21)17-4-6-18(26)7-5-17)25(29)27-13-16-3-9-23-24(11-16)31-14-30-23/h2-12H,13-14H2,1H3,(H,27,29). The highest BCUT2D eigenvalue weighted by molar-refractivity contribution is 6.07. The molecule has 2 heterocycles. The zero-order chi connectivity index (χ0) is 21.4. The summed E-state index contributed by atoms with van der Waals surface area (Å²) in [6.07, 6.45) is 0. The van der Waals surface area contributed by atoms with E-state index in [1.807, 2.05) is 43.3 Å². The van der Waals surface area contributed by atoms with Crippen LogP contribution in [0.25, 0.3) is 22.2 Å². The quantitative estimate of drug-likeness (QED) is 0.510. The van der Waals surface area contributed by atoms with Crippen molar-refractivity contribution in [2.45, 2.75) is 13.5 Å². The highest BCUT2D eigenvalue weighted by Crippen LogP contribution is 2.32. The lowest BCUT2D eigenvalue weighted by molar-refractivity contribution is 0.0952. The first-order valence-corrected chi connectivity index (χ1v) is 9.91. The Morgan fingerprint density at radius 2 is 1.81 bits per heavy atom. The van der Waals surface area contributed by atoms with Crippen LogP contribution >= 0.6 is 0 Å². The molecule has 0 saturated carbocycles. The van der Waals surface area contributed by atoms with Crippen LogP contribution in [-0.2, 0) is 6.54 Å². The first-order chi connectivity index (χ1) is 15.1. The van der Waals surface area contributed by atoms with Crippen molar-refractivity contribution in [3.63, 3.8) is 0 Å². The zero-order valence-electron chi connectivity index (χ0n) is 16.8. The van der Waals surface area contributed by atoms with Gasteiger partial charge in [-0.1, -0.05) is 17.7 Å². The molecule has 154 valence electrons. The van der Waals surface area contributed by atoms with Crippen LogP contribution in [0.4, 0.5) is 4.39 Å². The van der Waals surface area contributed by atoms with E-state index in [0.717, 1.165) is 22.1 Å². The lowest BCUT2D eigenvalue weighted by Crippen LogP contribution is -2.23. The van der Waals surface area contributed by atoms with Crippen molar-refractivity contribution >= 4 is 16.8 Å². The van der Waals surface area contributed by atoms with Gasteiger partial charge in [-0.15, -0.1) is 0 Å². The molecule has 1 aliphatic rings. The highest BCUT2D eigenvalue weighted by atomic mass is 19.1. The summed E-state index contributed by atoms with van der Waals surface area (Å²) in [4.78, 5) is 17.8. The van der Waals surface area contributed by atoms with Gasteiger partial charge < -0.3 is 14.8 Å². The van der Waals surface area contributed by atoms with Crippen LogP contribution < -0.4 is 14.8 Å². The van der Waals surface area contributed by atoms with E-state index < -0.39 is 0 Å². The van der Waals surface area contributed by atoms with E-state index in [1.165, 1.54) is 12.1 Å². The zero-order valence-corrected chi connectivity index (χ0v) is 16.8. The second-order valence-electron chi connectivity index (χ2n) is 7.45. The van der Waals surface area contributed by atoms with E-state index in [2.05, 4.69) is 10.3 Å². The maximum Gasteiger partial charge on any atom is 0.252 e. The number of ether oxygens (including phenoxy) is 2. The number of pyridine rings is 1. The summed E-state index contributed by atoms with van der Waals surface area (Å²) in [5.74, 6) is 0.853. The van der Waals surface area contributed by atoms with Gasteiger partial charge in [-0.3, -0.25) is 4.79 Å². The lowest BCUT2D eigenvalue weighted by atomic mass is 10.0. The van der Waals surface area contributed by atoms with Crippen LogP contribution in [0.5, 0.6) is 11.5 Å². The van der Waals surface area contributed by atoms with Gasteiger partial charge in [-0.05, 0) is 67.1 Å². The molecule has 0 saturated heterocycles. The molecule has 3 aromatic carbocycles. The molecule has 0 fully saturated rings. The van der Waals surface area contributed by atoms with Gasteiger partial charge >= 0.3 is 0 Å². The third-order valence-electron chi connectivity index (χ3n) is 5.24.